The first-order chi connectivity index (χ1) is 11.7. The molecule has 144 valence electrons. The van der Waals surface area contributed by atoms with Gasteiger partial charge >= 0.3 is 18.0 Å². The fraction of sp³-hybridized carbons (Fsp3) is 0.611. The predicted molar refractivity (Wildman–Crippen MR) is 99.5 cm³/mol. The Labute approximate surface area is 154 Å². The van der Waals surface area contributed by atoms with Crippen molar-refractivity contribution in [2.75, 3.05) is 0 Å². The molecule has 3 unspecified atom stereocenters. The summed E-state index contributed by atoms with van der Waals surface area (Å²) in [6.07, 6.45) is -1.60. The van der Waals surface area contributed by atoms with E-state index in [1.807, 2.05) is 19.6 Å². The van der Waals surface area contributed by atoms with E-state index >= 15 is 0 Å². The monoisotopic (exact) mass is 381 g/mol. The molecule has 3 atom stereocenters. The Morgan fingerprint density at radius 1 is 1.19 bits per heavy atom. The molecule has 8 heteroatoms. The number of rotatable bonds is 4. The highest BCUT2D eigenvalue weighted by Crippen LogP contribution is 2.46. The Hall–Kier alpha value is -2.27. The molecule has 1 amide bonds. The molecule has 3 N–H and O–H groups in total. The zero-order valence-corrected chi connectivity index (χ0v) is 16.9. The number of hydrogen-bond acceptors (Lipinski definition) is 3. The summed E-state index contributed by atoms with van der Waals surface area (Å²) in [7, 11) is -2.05. The van der Waals surface area contributed by atoms with Crippen LogP contribution in [0, 0.1) is 17.4 Å². The van der Waals surface area contributed by atoms with Gasteiger partial charge in [-0.2, -0.15) is 0 Å². The molecular formula is C18H27NO6Si. The van der Waals surface area contributed by atoms with E-state index in [1.165, 1.54) is 0 Å². The number of aliphatic carboxylic acids is 2. The third-order valence-electron chi connectivity index (χ3n) is 4.79. The fourth-order valence-electron chi connectivity index (χ4n) is 3.37. The molecule has 0 aliphatic carbocycles. The van der Waals surface area contributed by atoms with Crippen molar-refractivity contribution in [3.05, 3.63) is 12.2 Å². The van der Waals surface area contributed by atoms with Crippen molar-refractivity contribution >= 4 is 26.1 Å². The highest BCUT2D eigenvalue weighted by molar-refractivity contribution is 6.83. The maximum Gasteiger partial charge on any atom is 0.410 e. The molecule has 0 bridgehead atoms. The average Bonchev–Trinajstić information content (AvgIpc) is 2.49. The third-order valence-corrected chi connectivity index (χ3v) is 5.67. The van der Waals surface area contributed by atoms with Crippen LogP contribution < -0.4 is 0 Å². The molecule has 0 radical (unpaired) electrons. The van der Waals surface area contributed by atoms with Gasteiger partial charge in [0.2, 0.25) is 5.54 Å². The summed E-state index contributed by atoms with van der Waals surface area (Å²) in [6, 6.07) is 0. The van der Waals surface area contributed by atoms with E-state index in [9.17, 15) is 29.7 Å². The van der Waals surface area contributed by atoms with Gasteiger partial charge in [-0.1, -0.05) is 58.0 Å². The number of piperidine rings is 1. The lowest BCUT2D eigenvalue weighted by atomic mass is 9.68. The second-order valence-corrected chi connectivity index (χ2v) is 12.7. The number of amides is 1. The van der Waals surface area contributed by atoms with Gasteiger partial charge in [-0.15, -0.1) is 5.54 Å². The number of likely N-dealkylation sites (tertiary alicyclic amines) is 1. The average molecular weight is 382 g/mol. The first-order valence-electron chi connectivity index (χ1n) is 8.45. The summed E-state index contributed by atoms with van der Waals surface area (Å²) in [6.45, 7) is 12.9. The van der Waals surface area contributed by atoms with Gasteiger partial charge in [0, 0.05) is 12.8 Å². The van der Waals surface area contributed by atoms with E-state index in [1.54, 1.807) is 13.8 Å². The van der Waals surface area contributed by atoms with Crippen molar-refractivity contribution in [3.8, 4) is 11.5 Å². The van der Waals surface area contributed by atoms with Crippen LogP contribution in [-0.4, -0.2) is 57.4 Å². The van der Waals surface area contributed by atoms with E-state index in [2.05, 4.69) is 18.0 Å². The lowest BCUT2D eigenvalue weighted by Gasteiger charge is -2.53. The summed E-state index contributed by atoms with van der Waals surface area (Å²) in [5.41, 5.74) is -0.797. The van der Waals surface area contributed by atoms with Gasteiger partial charge in [0.1, 0.15) is 8.07 Å². The number of carbonyl (C=O) groups is 3. The Morgan fingerprint density at radius 3 is 2.08 bits per heavy atom. The van der Waals surface area contributed by atoms with Crippen LogP contribution in [0.1, 0.15) is 33.1 Å². The smallest absolute Gasteiger partial charge is 0.410 e. The predicted octanol–water partition coefficient (Wildman–Crippen LogP) is 2.89. The second-order valence-electron chi connectivity index (χ2n) is 7.93. The van der Waals surface area contributed by atoms with Crippen molar-refractivity contribution in [3.63, 3.8) is 0 Å². The third kappa shape index (κ3) is 3.63. The van der Waals surface area contributed by atoms with Gasteiger partial charge in [0.25, 0.3) is 0 Å². The quantitative estimate of drug-likeness (QED) is 0.392. The first-order valence-corrected chi connectivity index (χ1v) is 12.0. The van der Waals surface area contributed by atoms with Gasteiger partial charge in [0.15, 0.2) is 5.54 Å². The SMILES string of the molecule is C=C1CC(C#C[Si](C)(C)C)(C(=O)O)N(C(=O)O)C(C(=O)O)(C(C)CC)C1. The molecule has 1 saturated heterocycles. The highest BCUT2D eigenvalue weighted by atomic mass is 28.3. The molecule has 26 heavy (non-hydrogen) atoms. The Morgan fingerprint density at radius 2 is 1.73 bits per heavy atom. The summed E-state index contributed by atoms with van der Waals surface area (Å²) in [5, 5.41) is 29.8. The lowest BCUT2D eigenvalue weighted by molar-refractivity contribution is -0.168. The summed E-state index contributed by atoms with van der Waals surface area (Å²) in [5.74, 6) is -0.817. The number of nitrogens with zero attached hydrogens (tertiary/aromatic N) is 1. The van der Waals surface area contributed by atoms with Crippen molar-refractivity contribution < 1.29 is 29.7 Å². The summed E-state index contributed by atoms with van der Waals surface area (Å²) >= 11 is 0. The number of carboxylic acid groups (broad SMARTS) is 3. The molecule has 7 nitrogen and oxygen atoms in total. The van der Waals surface area contributed by atoms with E-state index in [0.29, 0.717) is 16.9 Å². The maximum absolute atomic E-state index is 12.3. The minimum atomic E-state index is -2.16. The topological polar surface area (TPSA) is 115 Å². The van der Waals surface area contributed by atoms with Crippen molar-refractivity contribution in [1.82, 2.24) is 4.90 Å². The van der Waals surface area contributed by atoms with Crippen LogP contribution in [0.2, 0.25) is 19.6 Å². The van der Waals surface area contributed by atoms with Crippen LogP contribution in [-0.2, 0) is 9.59 Å². The van der Waals surface area contributed by atoms with Crippen LogP contribution in [0.25, 0.3) is 0 Å². The second kappa shape index (κ2) is 7.15. The van der Waals surface area contributed by atoms with Crippen LogP contribution in [0.4, 0.5) is 4.79 Å². The first kappa shape index (κ1) is 21.8. The maximum atomic E-state index is 12.3. The molecule has 1 aliphatic heterocycles. The molecule has 1 rings (SSSR count). The van der Waals surface area contributed by atoms with Gasteiger partial charge in [0.05, 0.1) is 0 Å². The normalized spacial score (nSPS) is 27.3. The molecule has 0 spiro atoms. The Bertz CT molecular complexity index is 701. The zero-order valence-electron chi connectivity index (χ0n) is 15.9. The molecule has 1 fully saturated rings. The van der Waals surface area contributed by atoms with E-state index in [-0.39, 0.29) is 12.8 Å². The van der Waals surface area contributed by atoms with Crippen molar-refractivity contribution in [2.45, 2.75) is 63.8 Å². The zero-order chi connectivity index (χ0) is 20.5. The molecule has 0 aromatic heterocycles. The van der Waals surface area contributed by atoms with Crippen molar-refractivity contribution in [1.29, 1.82) is 0 Å². The minimum Gasteiger partial charge on any atom is -0.479 e. The molecule has 1 heterocycles. The van der Waals surface area contributed by atoms with E-state index < -0.39 is 43.1 Å². The summed E-state index contributed by atoms with van der Waals surface area (Å²) < 4.78 is 0. The largest absolute Gasteiger partial charge is 0.479 e. The van der Waals surface area contributed by atoms with Gasteiger partial charge in [-0.25, -0.2) is 14.4 Å². The van der Waals surface area contributed by atoms with Gasteiger partial charge in [-0.05, 0) is 5.92 Å². The van der Waals surface area contributed by atoms with Crippen LogP contribution >= 0.6 is 0 Å². The molecule has 1 aliphatic rings. The number of hydrogen-bond donors (Lipinski definition) is 3. The van der Waals surface area contributed by atoms with Crippen molar-refractivity contribution in [2.24, 2.45) is 5.92 Å². The Balaban J connectivity index is 3.90. The standard InChI is InChI=1S/C18H27NO6Si/c1-7-13(3)18(15(22)23)11-12(2)10-17(14(20)21,19(18)16(24)25)8-9-26(4,5)6/h13H,2,7,10-11H2,1,3-6H3,(H,20,21)(H,22,23)(H,24,25). The Kier molecular flexibility index (Phi) is 5.99. The van der Waals surface area contributed by atoms with E-state index in [4.69, 9.17) is 0 Å². The minimum absolute atomic E-state index is 0.132. The van der Waals surface area contributed by atoms with E-state index in [0.717, 1.165) is 0 Å². The van der Waals surface area contributed by atoms with Crippen LogP contribution in [0.5, 0.6) is 0 Å². The molecule has 0 aromatic carbocycles. The summed E-state index contributed by atoms with van der Waals surface area (Å²) in [4.78, 5) is 37.2. The molecule has 0 aromatic rings. The van der Waals surface area contributed by atoms with Crippen LogP contribution in [0.3, 0.4) is 0 Å². The van der Waals surface area contributed by atoms with Gasteiger partial charge in [-0.3, -0.25) is 4.90 Å². The lowest BCUT2D eigenvalue weighted by Crippen LogP contribution is -2.73. The molecule has 0 saturated carbocycles. The van der Waals surface area contributed by atoms with Crippen LogP contribution in [0.15, 0.2) is 12.2 Å². The number of carboxylic acids is 2. The molecular weight excluding hydrogens is 354 g/mol. The fourth-order valence-corrected chi connectivity index (χ4v) is 3.95. The van der Waals surface area contributed by atoms with Gasteiger partial charge < -0.3 is 15.3 Å². The highest BCUT2D eigenvalue weighted by Gasteiger charge is 2.64.